The molecule has 9 rings (SSSR count). The molecule has 8 aromatic rings. The Kier molecular flexibility index (Phi) is 8.56. The van der Waals surface area contributed by atoms with Crippen molar-refractivity contribution in [2.45, 2.75) is 19.3 Å². The maximum Gasteiger partial charge on any atom is 0.140 e. The van der Waals surface area contributed by atoms with E-state index < -0.39 is 15.8 Å². The molecule has 0 fully saturated rings. The highest BCUT2D eigenvalue weighted by Gasteiger charge is 2.41. The molecule has 0 aliphatic carbocycles. The number of benzene rings is 8. The van der Waals surface area contributed by atoms with Crippen molar-refractivity contribution in [3.05, 3.63) is 205 Å². The molecule has 0 radical (unpaired) electrons. The van der Waals surface area contributed by atoms with Crippen LogP contribution in [0.25, 0.3) is 21.9 Å². The van der Waals surface area contributed by atoms with Gasteiger partial charge in [0, 0.05) is 27.2 Å². The van der Waals surface area contributed by atoms with Crippen molar-refractivity contribution in [1.29, 1.82) is 0 Å². The van der Waals surface area contributed by atoms with E-state index >= 15 is 0 Å². The molecule has 0 atom stereocenters. The Morgan fingerprint density at radius 2 is 0.846 bits per heavy atom. The van der Waals surface area contributed by atoms with E-state index in [1.54, 1.807) is 0 Å². The minimum absolute atomic E-state index is 0.371. The Labute approximate surface area is 309 Å². The molecular weight excluding hydrogens is 666 g/mol. The van der Waals surface area contributed by atoms with Crippen molar-refractivity contribution in [3.8, 4) is 22.6 Å². The minimum Gasteiger partial charge on any atom is -0.455 e. The molecule has 52 heavy (non-hydrogen) atoms. The summed E-state index contributed by atoms with van der Waals surface area (Å²) in [7, 11) is -1.84. The maximum atomic E-state index is 7.63. The van der Waals surface area contributed by atoms with E-state index in [0.29, 0.717) is 0 Å². The minimum atomic E-state index is -0.940. The largest absolute Gasteiger partial charge is 0.455 e. The van der Waals surface area contributed by atoms with Gasteiger partial charge in [-0.1, -0.05) is 202 Å². The summed E-state index contributed by atoms with van der Waals surface area (Å²) < 4.78 is 7.63. The van der Waals surface area contributed by atoms with Crippen LogP contribution in [-0.2, 0) is 5.41 Å². The molecule has 0 N–H and O–H groups in total. The summed E-state index contributed by atoms with van der Waals surface area (Å²) in [6.45, 7) is 4.80. The second-order valence-corrected chi connectivity index (χ2v) is 18.1. The fraction of sp³-hybridized carbons (Fsp3) is 0.0612. The summed E-state index contributed by atoms with van der Waals surface area (Å²) in [6, 6.07) is 70.9. The first-order valence-electron chi connectivity index (χ1n) is 17.9. The molecule has 0 bridgehead atoms. The molecule has 250 valence electrons. The van der Waals surface area contributed by atoms with Gasteiger partial charge in [-0.05, 0) is 65.0 Å². The lowest BCUT2D eigenvalue weighted by molar-refractivity contribution is 0.425. The molecule has 1 aliphatic heterocycles. The van der Waals surface area contributed by atoms with Gasteiger partial charge >= 0.3 is 0 Å². The van der Waals surface area contributed by atoms with E-state index in [-0.39, 0.29) is 5.41 Å². The Morgan fingerprint density at radius 3 is 1.40 bits per heavy atom. The quantitative estimate of drug-likeness (QED) is 0.150. The van der Waals surface area contributed by atoms with Crippen molar-refractivity contribution < 1.29 is 4.74 Å². The van der Waals surface area contributed by atoms with Crippen LogP contribution in [0.1, 0.15) is 25.0 Å². The summed E-state index contributed by atoms with van der Waals surface area (Å²) in [6.07, 6.45) is 0. The van der Waals surface area contributed by atoms with Gasteiger partial charge in [0.15, 0.2) is 0 Å². The van der Waals surface area contributed by atoms with Crippen molar-refractivity contribution in [3.63, 3.8) is 0 Å². The second kappa shape index (κ2) is 13.7. The first-order valence-corrected chi connectivity index (χ1v) is 20.6. The summed E-state index contributed by atoms with van der Waals surface area (Å²) in [4.78, 5) is 0. The normalized spacial score (nSPS) is 13.1. The van der Waals surface area contributed by atoms with Gasteiger partial charge in [0.2, 0.25) is 0 Å². The third kappa shape index (κ3) is 5.66. The van der Waals surface area contributed by atoms with Crippen LogP contribution < -0.4 is 36.6 Å². The molecule has 0 unspecified atom stereocenters. The van der Waals surface area contributed by atoms with Gasteiger partial charge in [0.1, 0.15) is 11.5 Å². The molecule has 0 saturated carbocycles. The summed E-state index contributed by atoms with van der Waals surface area (Å²) in [5.74, 6) is 1.98. The predicted molar refractivity (Wildman–Crippen MR) is 225 cm³/mol. The van der Waals surface area contributed by atoms with Gasteiger partial charge in [-0.3, -0.25) is 0 Å². The second-order valence-electron chi connectivity index (χ2n) is 13.8. The van der Waals surface area contributed by atoms with E-state index in [0.717, 1.165) is 11.5 Å². The SMILES string of the molecule is CC1(C)c2cccc(P(c3ccccc3)c3ccccc3)c2Oc2c(P(c3ccccc3)c3ccccc3)ccc(-c3cccc4ccccc34)c21. The van der Waals surface area contributed by atoms with Gasteiger partial charge in [0.05, 0.1) is 0 Å². The van der Waals surface area contributed by atoms with Gasteiger partial charge in [-0.2, -0.15) is 0 Å². The highest BCUT2D eigenvalue weighted by Crippen LogP contribution is 2.55. The number of fused-ring (bicyclic) bond motifs is 3. The van der Waals surface area contributed by atoms with Crippen LogP contribution >= 0.6 is 15.8 Å². The third-order valence-electron chi connectivity index (χ3n) is 10.3. The van der Waals surface area contributed by atoms with Crippen LogP contribution in [0.15, 0.2) is 194 Å². The van der Waals surface area contributed by atoms with Gasteiger partial charge in [0.25, 0.3) is 0 Å². The van der Waals surface area contributed by atoms with Crippen LogP contribution in [-0.4, -0.2) is 0 Å². The fourth-order valence-electron chi connectivity index (χ4n) is 7.86. The molecule has 0 spiro atoms. The lowest BCUT2D eigenvalue weighted by atomic mass is 9.72. The zero-order chi connectivity index (χ0) is 35.1. The van der Waals surface area contributed by atoms with Crippen LogP contribution in [0.2, 0.25) is 0 Å². The first-order chi connectivity index (χ1) is 25.6. The fourth-order valence-corrected chi connectivity index (χ4v) is 12.6. The topological polar surface area (TPSA) is 9.23 Å². The Balaban J connectivity index is 1.35. The lowest BCUT2D eigenvalue weighted by Gasteiger charge is -2.40. The van der Waals surface area contributed by atoms with Gasteiger partial charge in [-0.25, -0.2) is 0 Å². The smallest absolute Gasteiger partial charge is 0.140 e. The summed E-state index contributed by atoms with van der Waals surface area (Å²) in [5, 5.41) is 10.2. The van der Waals surface area contributed by atoms with E-state index in [1.165, 1.54) is 64.9 Å². The molecule has 1 aliphatic rings. The number of para-hydroxylation sites is 1. The van der Waals surface area contributed by atoms with E-state index in [1.807, 2.05) is 0 Å². The summed E-state index contributed by atoms with van der Waals surface area (Å²) >= 11 is 0. The van der Waals surface area contributed by atoms with E-state index in [9.17, 15) is 0 Å². The Bertz CT molecular complexity index is 2430. The standard InChI is InChI=1S/C49H38OP2/c1-49(2)43-31-18-32-44(51(36-21-7-3-8-22-36)37-23-9-4-10-24-37)47(43)50-48-45(52(38-25-11-5-12-26-38)39-27-13-6-14-28-39)34-33-42(46(48)49)41-30-17-20-35-19-15-16-29-40(35)41/h3-34H,1-2H3. The monoisotopic (exact) mass is 704 g/mol. The van der Waals surface area contributed by atoms with Crippen LogP contribution in [0.3, 0.4) is 0 Å². The van der Waals surface area contributed by atoms with Crippen LogP contribution in [0.5, 0.6) is 11.5 Å². The van der Waals surface area contributed by atoms with E-state index in [2.05, 4.69) is 208 Å². The predicted octanol–water partition coefficient (Wildman–Crippen LogP) is 10.5. The van der Waals surface area contributed by atoms with Crippen molar-refractivity contribution >= 4 is 58.4 Å². The van der Waals surface area contributed by atoms with Crippen LogP contribution in [0.4, 0.5) is 0 Å². The van der Waals surface area contributed by atoms with Crippen LogP contribution in [0, 0.1) is 0 Å². The summed E-state index contributed by atoms with van der Waals surface area (Å²) in [5.41, 5.74) is 4.55. The molecule has 0 saturated heterocycles. The molecule has 0 amide bonds. The number of ether oxygens (including phenoxy) is 1. The zero-order valence-corrected chi connectivity index (χ0v) is 31.1. The van der Waals surface area contributed by atoms with Gasteiger partial charge < -0.3 is 4.74 Å². The molecule has 1 heterocycles. The average Bonchev–Trinajstić information content (AvgIpc) is 3.20. The molecule has 0 aromatic heterocycles. The maximum absolute atomic E-state index is 7.63. The molecule has 3 heteroatoms. The molecular formula is C49H38OP2. The highest BCUT2D eigenvalue weighted by molar-refractivity contribution is 7.80. The van der Waals surface area contributed by atoms with Crippen molar-refractivity contribution in [1.82, 2.24) is 0 Å². The highest BCUT2D eigenvalue weighted by atomic mass is 31.1. The average molecular weight is 705 g/mol. The molecule has 8 aromatic carbocycles. The first kappa shape index (κ1) is 32.6. The zero-order valence-electron chi connectivity index (χ0n) is 29.3. The molecule has 1 nitrogen and oxygen atoms in total. The number of hydrogen-bond acceptors (Lipinski definition) is 1. The Morgan fingerprint density at radius 1 is 0.385 bits per heavy atom. The third-order valence-corrected chi connectivity index (χ3v) is 15.2. The van der Waals surface area contributed by atoms with Gasteiger partial charge in [-0.15, -0.1) is 0 Å². The Hall–Kier alpha value is -5.32. The van der Waals surface area contributed by atoms with Crippen molar-refractivity contribution in [2.75, 3.05) is 0 Å². The van der Waals surface area contributed by atoms with E-state index in [4.69, 9.17) is 4.74 Å². The van der Waals surface area contributed by atoms with Crippen molar-refractivity contribution in [2.24, 2.45) is 0 Å². The number of hydrogen-bond donors (Lipinski definition) is 0. The lowest BCUT2D eigenvalue weighted by Crippen LogP contribution is -2.33. The number of rotatable bonds is 7.